The number of ether oxygens (including phenoxy) is 1. The van der Waals surface area contributed by atoms with Gasteiger partial charge in [0.05, 0.1) is 25.0 Å². The van der Waals surface area contributed by atoms with Gasteiger partial charge in [0.1, 0.15) is 0 Å². The lowest BCUT2D eigenvalue weighted by molar-refractivity contribution is 0.102. The summed E-state index contributed by atoms with van der Waals surface area (Å²) < 4.78 is 7.13. The van der Waals surface area contributed by atoms with Crippen molar-refractivity contribution in [1.82, 2.24) is 9.78 Å². The Kier molecular flexibility index (Phi) is 3.28. The van der Waals surface area contributed by atoms with E-state index >= 15 is 0 Å². The number of anilines is 1. The molecule has 1 aromatic carbocycles. The summed E-state index contributed by atoms with van der Waals surface area (Å²) in [6, 6.07) is 6.11. The second-order valence-electron chi connectivity index (χ2n) is 5.23. The number of hydrogen-bond donors (Lipinski definition) is 1. The second-order valence-corrected chi connectivity index (χ2v) is 5.23. The molecule has 0 unspecified atom stereocenters. The fourth-order valence-electron chi connectivity index (χ4n) is 2.19. The van der Waals surface area contributed by atoms with Crippen LogP contribution in [0, 0.1) is 0 Å². The summed E-state index contributed by atoms with van der Waals surface area (Å²) in [6.45, 7) is 5.32. The zero-order valence-corrected chi connectivity index (χ0v) is 11.6. The van der Waals surface area contributed by atoms with E-state index in [-0.39, 0.29) is 11.9 Å². The minimum Gasteiger partial charge on any atom is -0.372 e. The first-order chi connectivity index (χ1) is 9.63. The lowest BCUT2D eigenvalue weighted by Crippen LogP contribution is -2.11. The molecule has 0 aliphatic carbocycles. The summed E-state index contributed by atoms with van der Waals surface area (Å²) in [7, 11) is 0. The minimum absolute atomic E-state index is 0.143. The third kappa shape index (κ3) is 2.44. The van der Waals surface area contributed by atoms with Crippen molar-refractivity contribution >= 4 is 11.6 Å². The highest BCUT2D eigenvalue weighted by atomic mass is 16.5. The topological polar surface area (TPSA) is 56.2 Å². The molecule has 0 fully saturated rings. The highest BCUT2D eigenvalue weighted by Crippen LogP contribution is 2.23. The molecule has 20 heavy (non-hydrogen) atoms. The molecule has 1 N–H and O–H groups in total. The van der Waals surface area contributed by atoms with Crippen molar-refractivity contribution in [3.63, 3.8) is 0 Å². The van der Waals surface area contributed by atoms with E-state index in [1.165, 1.54) is 5.56 Å². The van der Waals surface area contributed by atoms with Crippen LogP contribution in [0.5, 0.6) is 0 Å². The Bertz CT molecular complexity index is 646. The van der Waals surface area contributed by atoms with Gasteiger partial charge in [0.25, 0.3) is 5.91 Å². The average Bonchev–Trinajstić information content (AvgIpc) is 3.07. The van der Waals surface area contributed by atoms with Gasteiger partial charge in [-0.1, -0.05) is 6.07 Å². The third-order valence-electron chi connectivity index (χ3n) is 3.37. The number of nitrogens with one attached hydrogen (secondary N) is 1. The summed E-state index contributed by atoms with van der Waals surface area (Å²) in [5.41, 5.74) is 3.68. The number of fused-ring (bicyclic) bond motifs is 1. The van der Waals surface area contributed by atoms with E-state index in [0.29, 0.717) is 18.8 Å². The number of hydrogen-bond acceptors (Lipinski definition) is 3. The van der Waals surface area contributed by atoms with Crippen LogP contribution < -0.4 is 5.32 Å². The Balaban J connectivity index is 1.75. The normalized spacial score (nSPS) is 13.6. The van der Waals surface area contributed by atoms with Crippen molar-refractivity contribution in [3.8, 4) is 0 Å². The van der Waals surface area contributed by atoms with Crippen molar-refractivity contribution in [1.29, 1.82) is 0 Å². The Morgan fingerprint density at radius 2 is 2.15 bits per heavy atom. The van der Waals surface area contributed by atoms with Gasteiger partial charge in [0.2, 0.25) is 0 Å². The van der Waals surface area contributed by atoms with E-state index in [1.54, 1.807) is 17.1 Å². The zero-order chi connectivity index (χ0) is 14.1. The number of benzene rings is 1. The Hall–Kier alpha value is -2.14. The molecule has 1 aliphatic heterocycles. The van der Waals surface area contributed by atoms with Crippen LogP contribution in [0.15, 0.2) is 30.6 Å². The number of aromatic nitrogens is 2. The van der Waals surface area contributed by atoms with E-state index in [0.717, 1.165) is 11.3 Å². The highest BCUT2D eigenvalue weighted by molar-refractivity contribution is 6.04. The molecule has 1 aliphatic rings. The maximum Gasteiger partial charge on any atom is 0.258 e. The number of carbonyl (C=O) groups excluding carboxylic acids is 1. The molecule has 3 rings (SSSR count). The number of nitrogens with zero attached hydrogens (tertiary/aromatic N) is 2. The van der Waals surface area contributed by atoms with Gasteiger partial charge in [-0.15, -0.1) is 0 Å². The van der Waals surface area contributed by atoms with E-state index < -0.39 is 0 Å². The Labute approximate surface area is 117 Å². The molecule has 1 aromatic heterocycles. The number of rotatable bonds is 3. The van der Waals surface area contributed by atoms with Gasteiger partial charge >= 0.3 is 0 Å². The van der Waals surface area contributed by atoms with E-state index in [1.807, 2.05) is 32.0 Å². The summed E-state index contributed by atoms with van der Waals surface area (Å²) in [5, 5.41) is 7.06. The van der Waals surface area contributed by atoms with Gasteiger partial charge in [0.15, 0.2) is 0 Å². The van der Waals surface area contributed by atoms with Crippen molar-refractivity contribution in [2.75, 3.05) is 5.32 Å². The Morgan fingerprint density at radius 3 is 2.90 bits per heavy atom. The van der Waals surface area contributed by atoms with Gasteiger partial charge in [-0.05, 0) is 37.1 Å². The molecule has 2 aromatic rings. The predicted octanol–water partition coefficient (Wildman–Crippen LogP) is 2.75. The van der Waals surface area contributed by atoms with Gasteiger partial charge < -0.3 is 10.1 Å². The predicted molar refractivity (Wildman–Crippen MR) is 75.5 cm³/mol. The van der Waals surface area contributed by atoms with Crippen molar-refractivity contribution in [2.45, 2.75) is 33.1 Å². The molecule has 5 heteroatoms. The van der Waals surface area contributed by atoms with Crippen LogP contribution in [0.4, 0.5) is 5.69 Å². The number of carbonyl (C=O) groups is 1. The van der Waals surface area contributed by atoms with Gasteiger partial charge in [-0.2, -0.15) is 5.10 Å². The first kappa shape index (κ1) is 12.9. The molecule has 0 atom stereocenters. The van der Waals surface area contributed by atoms with Gasteiger partial charge in [-0.25, -0.2) is 0 Å². The number of amides is 1. The Morgan fingerprint density at radius 1 is 1.35 bits per heavy atom. The average molecular weight is 271 g/mol. The third-order valence-corrected chi connectivity index (χ3v) is 3.37. The molecule has 2 heterocycles. The van der Waals surface area contributed by atoms with Gasteiger partial charge in [-0.3, -0.25) is 9.48 Å². The van der Waals surface area contributed by atoms with Crippen molar-refractivity contribution in [2.24, 2.45) is 0 Å². The van der Waals surface area contributed by atoms with Crippen LogP contribution in [0.1, 0.15) is 41.4 Å². The molecular formula is C15H17N3O2. The highest BCUT2D eigenvalue weighted by Gasteiger charge is 2.14. The SMILES string of the molecule is CC(C)n1cc(C(=O)Nc2ccc3c(c2)COC3)cn1. The smallest absolute Gasteiger partial charge is 0.258 e. The van der Waals surface area contributed by atoms with Crippen LogP contribution in [-0.2, 0) is 18.0 Å². The maximum absolute atomic E-state index is 12.2. The van der Waals surface area contributed by atoms with Crippen LogP contribution >= 0.6 is 0 Å². The standard InChI is InChI=1S/C15H17N3O2/c1-10(2)18-7-13(6-16-18)15(19)17-14-4-3-11-8-20-9-12(11)5-14/h3-7,10H,8-9H2,1-2H3,(H,17,19). The van der Waals surface area contributed by atoms with E-state index in [9.17, 15) is 4.79 Å². The largest absolute Gasteiger partial charge is 0.372 e. The quantitative estimate of drug-likeness (QED) is 0.933. The van der Waals surface area contributed by atoms with Gasteiger partial charge in [0, 0.05) is 17.9 Å². The molecule has 0 saturated heterocycles. The maximum atomic E-state index is 12.2. The van der Waals surface area contributed by atoms with E-state index in [4.69, 9.17) is 4.74 Å². The fourth-order valence-corrected chi connectivity index (χ4v) is 2.19. The first-order valence-electron chi connectivity index (χ1n) is 6.68. The minimum atomic E-state index is -0.143. The molecule has 0 bridgehead atoms. The van der Waals surface area contributed by atoms with Crippen molar-refractivity contribution in [3.05, 3.63) is 47.3 Å². The lowest BCUT2D eigenvalue weighted by Gasteiger charge is -2.06. The zero-order valence-electron chi connectivity index (χ0n) is 11.6. The summed E-state index contributed by atoms with van der Waals surface area (Å²) >= 11 is 0. The molecular weight excluding hydrogens is 254 g/mol. The van der Waals surface area contributed by atoms with Crippen LogP contribution in [0.25, 0.3) is 0 Å². The van der Waals surface area contributed by atoms with Crippen LogP contribution in [0.3, 0.4) is 0 Å². The summed E-state index contributed by atoms with van der Waals surface area (Å²) in [6.07, 6.45) is 3.35. The molecule has 1 amide bonds. The summed E-state index contributed by atoms with van der Waals surface area (Å²) in [5.74, 6) is -0.143. The molecule has 104 valence electrons. The molecule has 5 nitrogen and oxygen atoms in total. The molecule has 0 spiro atoms. The van der Waals surface area contributed by atoms with E-state index in [2.05, 4.69) is 10.4 Å². The molecule has 0 saturated carbocycles. The first-order valence-corrected chi connectivity index (χ1v) is 6.68. The van der Waals surface area contributed by atoms with Crippen molar-refractivity contribution < 1.29 is 9.53 Å². The van der Waals surface area contributed by atoms with Crippen LogP contribution in [0.2, 0.25) is 0 Å². The lowest BCUT2D eigenvalue weighted by atomic mass is 10.1. The summed E-state index contributed by atoms with van der Waals surface area (Å²) in [4.78, 5) is 12.2. The monoisotopic (exact) mass is 271 g/mol. The second kappa shape index (κ2) is 5.09. The van der Waals surface area contributed by atoms with Crippen LogP contribution in [-0.4, -0.2) is 15.7 Å². The fraction of sp³-hybridized carbons (Fsp3) is 0.333. The molecule has 0 radical (unpaired) electrons.